The van der Waals surface area contributed by atoms with Crippen molar-refractivity contribution in [3.8, 4) is 0 Å². The summed E-state index contributed by atoms with van der Waals surface area (Å²) in [6, 6.07) is 5.11. The number of carbonyl (C=O) groups excluding carboxylic acids is 3. The Morgan fingerprint density at radius 2 is 1.89 bits per heavy atom. The molecule has 0 aliphatic rings. The number of aromatic nitrogens is 1. The van der Waals surface area contributed by atoms with E-state index in [-0.39, 0.29) is 28.7 Å². The van der Waals surface area contributed by atoms with Crippen LogP contribution < -0.4 is 21.7 Å². The first-order valence-electron chi connectivity index (χ1n) is 8.59. The zero-order valence-electron chi connectivity index (χ0n) is 15.6. The number of rotatable bonds is 8. The smallest absolute Gasteiger partial charge is 0.272 e. The zero-order chi connectivity index (χ0) is 20.8. The normalized spacial score (nSPS) is 10.7. The second kappa shape index (κ2) is 9.27. The maximum absolute atomic E-state index is 13.3. The lowest BCUT2D eigenvalue weighted by atomic mass is 10.1. The number of anilines is 2. The van der Waals surface area contributed by atoms with Gasteiger partial charge in [0.2, 0.25) is 5.91 Å². The van der Waals surface area contributed by atoms with Gasteiger partial charge in [0.15, 0.2) is 5.69 Å². The Kier molecular flexibility index (Phi) is 7.05. The number of hydrogen-bond acceptors (Lipinski definition) is 6. The number of amides is 3. The molecule has 2 aromatic rings. The Morgan fingerprint density at radius 1 is 1.25 bits per heavy atom. The maximum atomic E-state index is 13.3. The van der Waals surface area contributed by atoms with Crippen molar-refractivity contribution in [2.75, 3.05) is 23.7 Å². The van der Waals surface area contributed by atoms with E-state index >= 15 is 0 Å². The van der Waals surface area contributed by atoms with Crippen LogP contribution in [0.15, 0.2) is 24.3 Å². The molecule has 0 saturated carbocycles. The van der Waals surface area contributed by atoms with Crippen molar-refractivity contribution < 1.29 is 18.8 Å². The molecule has 150 valence electrons. The molecular formula is C18H22FN5O3S. The Morgan fingerprint density at radius 3 is 2.43 bits per heavy atom. The van der Waals surface area contributed by atoms with Gasteiger partial charge in [-0.15, -0.1) is 0 Å². The summed E-state index contributed by atoms with van der Waals surface area (Å²) in [7, 11) is 0. The summed E-state index contributed by atoms with van der Waals surface area (Å²) < 4.78 is 17.1. The largest absolute Gasteiger partial charge is 0.395 e. The van der Waals surface area contributed by atoms with Gasteiger partial charge >= 0.3 is 0 Å². The van der Waals surface area contributed by atoms with Gasteiger partial charge in [-0.25, -0.2) is 4.39 Å². The van der Waals surface area contributed by atoms with Crippen LogP contribution in [-0.2, 0) is 4.79 Å². The van der Waals surface area contributed by atoms with E-state index in [0.29, 0.717) is 29.7 Å². The van der Waals surface area contributed by atoms with Crippen molar-refractivity contribution in [1.82, 2.24) is 9.69 Å². The lowest BCUT2D eigenvalue weighted by molar-refractivity contribution is -0.119. The summed E-state index contributed by atoms with van der Waals surface area (Å²) in [6.07, 6.45) is 0.792. The second-order valence-corrected chi connectivity index (χ2v) is 7.31. The van der Waals surface area contributed by atoms with Gasteiger partial charge in [0.1, 0.15) is 17.2 Å². The van der Waals surface area contributed by atoms with Crippen molar-refractivity contribution in [1.29, 1.82) is 0 Å². The van der Waals surface area contributed by atoms with E-state index in [9.17, 15) is 18.8 Å². The van der Waals surface area contributed by atoms with Crippen molar-refractivity contribution >= 4 is 40.6 Å². The maximum Gasteiger partial charge on any atom is 0.272 e. The van der Waals surface area contributed by atoms with Crippen molar-refractivity contribution in [3.05, 3.63) is 40.7 Å². The molecule has 0 fully saturated rings. The summed E-state index contributed by atoms with van der Waals surface area (Å²) in [4.78, 5) is 37.8. The molecule has 0 atom stereocenters. The summed E-state index contributed by atoms with van der Waals surface area (Å²) in [6.45, 7) is 4.23. The van der Waals surface area contributed by atoms with Crippen LogP contribution in [0.5, 0.6) is 0 Å². The van der Waals surface area contributed by atoms with E-state index in [2.05, 4.69) is 9.69 Å². The molecule has 0 bridgehead atoms. The van der Waals surface area contributed by atoms with Gasteiger partial charge in [-0.1, -0.05) is 13.8 Å². The minimum Gasteiger partial charge on any atom is -0.395 e. The highest BCUT2D eigenvalue weighted by molar-refractivity contribution is 7.09. The first-order valence-corrected chi connectivity index (χ1v) is 9.37. The third-order valence-corrected chi connectivity index (χ3v) is 4.74. The minimum atomic E-state index is -0.854. The number of nitrogens with zero attached hydrogens (tertiary/aromatic N) is 2. The Balaban J connectivity index is 2.28. The van der Waals surface area contributed by atoms with Crippen LogP contribution in [0.25, 0.3) is 0 Å². The topological polar surface area (TPSA) is 131 Å². The third kappa shape index (κ3) is 5.26. The number of hydrogen-bond donors (Lipinski definition) is 3. The molecule has 1 aromatic carbocycles. The van der Waals surface area contributed by atoms with Gasteiger partial charge in [0.25, 0.3) is 11.8 Å². The van der Waals surface area contributed by atoms with Crippen LogP contribution in [0.1, 0.15) is 40.4 Å². The average Bonchev–Trinajstić information content (AvgIpc) is 3.01. The molecule has 0 unspecified atom stereocenters. The quantitative estimate of drug-likeness (QED) is 0.614. The molecule has 2 rings (SSSR count). The number of primary amides is 1. The lowest BCUT2D eigenvalue weighted by Crippen LogP contribution is -2.41. The van der Waals surface area contributed by atoms with Crippen LogP contribution in [0.3, 0.4) is 0 Å². The van der Waals surface area contributed by atoms with E-state index in [1.807, 2.05) is 13.8 Å². The van der Waals surface area contributed by atoms with Gasteiger partial charge in [-0.2, -0.15) is 4.37 Å². The molecular weight excluding hydrogens is 385 g/mol. The summed E-state index contributed by atoms with van der Waals surface area (Å²) >= 11 is 0.715. The summed E-state index contributed by atoms with van der Waals surface area (Å²) in [5.74, 6) is -1.93. The highest BCUT2D eigenvalue weighted by Gasteiger charge is 2.27. The van der Waals surface area contributed by atoms with Crippen molar-refractivity contribution in [2.45, 2.75) is 20.3 Å². The SMILES string of the molecule is CC(C)CCNC(=O)CN(C(=O)c1snc(C(N)=O)c1N)c1ccc(F)cc1. The number of halogens is 1. The Bertz CT molecular complexity index is 867. The monoisotopic (exact) mass is 407 g/mol. The average molecular weight is 407 g/mol. The summed E-state index contributed by atoms with van der Waals surface area (Å²) in [5, 5.41) is 2.75. The van der Waals surface area contributed by atoms with E-state index in [4.69, 9.17) is 11.5 Å². The van der Waals surface area contributed by atoms with Crippen LogP contribution >= 0.6 is 11.5 Å². The molecule has 8 nitrogen and oxygen atoms in total. The number of nitrogens with one attached hydrogen (secondary N) is 1. The van der Waals surface area contributed by atoms with Gasteiger partial charge in [-0.3, -0.25) is 19.3 Å². The van der Waals surface area contributed by atoms with Gasteiger partial charge in [-0.05, 0) is 48.1 Å². The Labute approximate surface area is 165 Å². The standard InChI is InChI=1S/C18H22FN5O3S/c1-10(2)7-8-22-13(25)9-24(12-5-3-11(19)4-6-12)18(27)16-14(20)15(17(21)26)23-28-16/h3-6,10H,7-9,20H2,1-2H3,(H2,21,26)(H,22,25). The zero-order valence-corrected chi connectivity index (χ0v) is 16.4. The molecule has 0 aliphatic carbocycles. The number of nitrogens with two attached hydrogens (primary N) is 2. The molecule has 1 heterocycles. The summed E-state index contributed by atoms with van der Waals surface area (Å²) in [5.41, 5.74) is 11.0. The van der Waals surface area contributed by atoms with Gasteiger partial charge in [0.05, 0.1) is 5.69 Å². The highest BCUT2D eigenvalue weighted by Crippen LogP contribution is 2.26. The number of benzene rings is 1. The molecule has 3 amide bonds. The molecule has 1 aromatic heterocycles. The van der Waals surface area contributed by atoms with Gasteiger partial charge < -0.3 is 16.8 Å². The van der Waals surface area contributed by atoms with E-state index < -0.39 is 17.6 Å². The molecule has 5 N–H and O–H groups in total. The Hall–Kier alpha value is -3.01. The van der Waals surface area contributed by atoms with Crippen LogP contribution in [0.2, 0.25) is 0 Å². The molecule has 10 heteroatoms. The first-order chi connectivity index (χ1) is 13.2. The molecule has 0 aliphatic heterocycles. The number of carbonyl (C=O) groups is 3. The van der Waals surface area contributed by atoms with Crippen LogP contribution in [0, 0.1) is 11.7 Å². The van der Waals surface area contributed by atoms with E-state index in [0.717, 1.165) is 11.3 Å². The van der Waals surface area contributed by atoms with E-state index in [1.165, 1.54) is 24.3 Å². The van der Waals surface area contributed by atoms with Crippen LogP contribution in [-0.4, -0.2) is 35.2 Å². The lowest BCUT2D eigenvalue weighted by Gasteiger charge is -2.22. The van der Waals surface area contributed by atoms with E-state index in [1.54, 1.807) is 0 Å². The fourth-order valence-electron chi connectivity index (χ4n) is 2.35. The fraction of sp³-hybridized carbons (Fsp3) is 0.333. The predicted molar refractivity (Wildman–Crippen MR) is 106 cm³/mol. The molecule has 0 spiro atoms. The fourth-order valence-corrected chi connectivity index (χ4v) is 3.11. The first kappa shape index (κ1) is 21.3. The number of nitrogen functional groups attached to an aromatic ring is 1. The minimum absolute atomic E-state index is 0.0203. The molecule has 28 heavy (non-hydrogen) atoms. The van der Waals surface area contributed by atoms with Crippen molar-refractivity contribution in [2.24, 2.45) is 11.7 Å². The van der Waals surface area contributed by atoms with Crippen molar-refractivity contribution in [3.63, 3.8) is 0 Å². The highest BCUT2D eigenvalue weighted by atomic mass is 32.1. The molecule has 0 radical (unpaired) electrons. The molecule has 0 saturated heterocycles. The van der Waals surface area contributed by atoms with Crippen LogP contribution in [0.4, 0.5) is 15.8 Å². The third-order valence-electron chi connectivity index (χ3n) is 3.88. The second-order valence-electron chi connectivity index (χ2n) is 6.54. The predicted octanol–water partition coefficient (Wildman–Crippen LogP) is 1.77. The van der Waals surface area contributed by atoms with Gasteiger partial charge in [0, 0.05) is 12.2 Å².